The van der Waals surface area contributed by atoms with Crippen molar-refractivity contribution in [3.63, 3.8) is 0 Å². The zero-order valence-corrected chi connectivity index (χ0v) is 16.7. The third-order valence-electron chi connectivity index (χ3n) is 3.64. The molecule has 2 atom stereocenters. The lowest BCUT2D eigenvalue weighted by Crippen LogP contribution is -2.65. The molecular weight excluding hydrogens is 378 g/mol. The molecule has 1 fully saturated rings. The number of rotatable bonds is 6. The predicted octanol–water partition coefficient (Wildman–Crippen LogP) is 0.619. The number of methoxy groups -OCH3 is 1. The van der Waals surface area contributed by atoms with Gasteiger partial charge < -0.3 is 18.9 Å². The summed E-state index contributed by atoms with van der Waals surface area (Å²) in [6.07, 6.45) is -0.654. The number of carbonyl (C=O) groups is 4. The molecule has 2 heterocycles. The predicted molar refractivity (Wildman–Crippen MR) is 94.4 cm³/mol. The van der Waals surface area contributed by atoms with Crippen molar-refractivity contribution in [1.29, 1.82) is 0 Å². The van der Waals surface area contributed by atoms with Crippen LogP contribution >= 0.6 is 11.8 Å². The van der Waals surface area contributed by atoms with E-state index in [1.165, 1.54) is 30.7 Å². The molecule has 0 aromatic heterocycles. The highest BCUT2D eigenvalue weighted by atomic mass is 32.2. The first kappa shape index (κ1) is 21.2. The molecule has 2 aliphatic heterocycles. The number of esters is 3. The van der Waals surface area contributed by atoms with E-state index in [1.54, 1.807) is 20.8 Å². The zero-order chi connectivity index (χ0) is 20.4. The van der Waals surface area contributed by atoms with Gasteiger partial charge in [0.25, 0.3) is 5.91 Å². The fourth-order valence-electron chi connectivity index (χ4n) is 2.58. The Morgan fingerprint density at radius 2 is 1.89 bits per heavy atom. The van der Waals surface area contributed by atoms with Crippen LogP contribution in [0.5, 0.6) is 0 Å². The molecule has 1 unspecified atom stereocenters. The zero-order valence-electron chi connectivity index (χ0n) is 15.9. The minimum absolute atomic E-state index is 0.0122. The van der Waals surface area contributed by atoms with Crippen molar-refractivity contribution in [3.8, 4) is 0 Å². The van der Waals surface area contributed by atoms with E-state index < -0.39 is 36.2 Å². The van der Waals surface area contributed by atoms with Crippen molar-refractivity contribution in [2.24, 2.45) is 0 Å². The van der Waals surface area contributed by atoms with E-state index >= 15 is 0 Å². The van der Waals surface area contributed by atoms with Crippen LogP contribution in [-0.2, 0) is 38.1 Å². The van der Waals surface area contributed by atoms with Crippen LogP contribution in [0.4, 0.5) is 0 Å². The fourth-order valence-corrected chi connectivity index (χ4v) is 3.94. The summed E-state index contributed by atoms with van der Waals surface area (Å²) in [6, 6.07) is 0. The van der Waals surface area contributed by atoms with E-state index in [2.05, 4.69) is 0 Å². The maximum absolute atomic E-state index is 12.6. The van der Waals surface area contributed by atoms with Crippen molar-refractivity contribution in [3.05, 3.63) is 11.3 Å². The average Bonchev–Trinajstić information content (AvgIpc) is 2.55. The molecule has 10 heteroatoms. The Morgan fingerprint density at radius 1 is 1.22 bits per heavy atom. The van der Waals surface area contributed by atoms with Gasteiger partial charge in [0.15, 0.2) is 12.7 Å². The van der Waals surface area contributed by atoms with Gasteiger partial charge in [0.05, 0.1) is 0 Å². The van der Waals surface area contributed by atoms with Crippen LogP contribution in [0, 0.1) is 0 Å². The molecule has 0 N–H and O–H groups in total. The van der Waals surface area contributed by atoms with E-state index in [1.807, 2.05) is 0 Å². The number of fused-ring (bicyclic) bond motifs is 1. The Balaban J connectivity index is 2.15. The SMILES string of the molecule is CO[C@H]1C(=O)N2C(C(=O)OCC(=O)OC(C)(C)C)=C(COC(C)=O)CSC12. The standard InChI is InChI=1S/C17H23NO8S/c1-9(19)24-6-10-8-27-15-13(23-5)14(21)18(15)12(10)16(22)25-7-11(20)26-17(2,3)4/h13,15H,6-8H2,1-5H3/t13-,15?/m0/s1. The number of hydrogen-bond acceptors (Lipinski definition) is 9. The number of β-lactam (4-membered cyclic amide) rings is 1. The van der Waals surface area contributed by atoms with Gasteiger partial charge in [-0.3, -0.25) is 14.5 Å². The second-order valence-corrected chi connectivity index (χ2v) is 8.07. The van der Waals surface area contributed by atoms with Gasteiger partial charge in [-0.25, -0.2) is 9.59 Å². The molecule has 0 saturated carbocycles. The minimum Gasteiger partial charge on any atom is -0.461 e. The molecule has 0 aliphatic carbocycles. The molecule has 2 rings (SSSR count). The molecule has 0 aromatic carbocycles. The van der Waals surface area contributed by atoms with Crippen LogP contribution in [0.3, 0.4) is 0 Å². The van der Waals surface area contributed by atoms with Crippen molar-refractivity contribution in [2.75, 3.05) is 26.1 Å². The van der Waals surface area contributed by atoms with Gasteiger partial charge in [0.1, 0.15) is 23.3 Å². The third-order valence-corrected chi connectivity index (χ3v) is 4.95. The van der Waals surface area contributed by atoms with Gasteiger partial charge in [-0.15, -0.1) is 11.8 Å². The highest BCUT2D eigenvalue weighted by Gasteiger charge is 2.54. The van der Waals surface area contributed by atoms with E-state index in [0.717, 1.165) is 0 Å². The lowest BCUT2D eigenvalue weighted by atomic mass is 10.1. The highest BCUT2D eigenvalue weighted by molar-refractivity contribution is 8.00. The van der Waals surface area contributed by atoms with Crippen molar-refractivity contribution in [1.82, 2.24) is 4.90 Å². The van der Waals surface area contributed by atoms with E-state index in [-0.39, 0.29) is 23.6 Å². The van der Waals surface area contributed by atoms with Gasteiger partial charge in [-0.2, -0.15) is 0 Å². The lowest BCUT2D eigenvalue weighted by Gasteiger charge is -2.48. The molecule has 0 aromatic rings. The van der Waals surface area contributed by atoms with Crippen LogP contribution in [0.25, 0.3) is 0 Å². The second-order valence-electron chi connectivity index (χ2n) is 6.96. The molecule has 1 saturated heterocycles. The van der Waals surface area contributed by atoms with Crippen molar-refractivity contribution < 1.29 is 38.1 Å². The Hall–Kier alpha value is -2.07. The van der Waals surface area contributed by atoms with Crippen molar-refractivity contribution in [2.45, 2.75) is 44.8 Å². The third kappa shape index (κ3) is 5.01. The van der Waals surface area contributed by atoms with Crippen LogP contribution in [0.2, 0.25) is 0 Å². The largest absolute Gasteiger partial charge is 0.461 e. The quantitative estimate of drug-likeness (QED) is 0.359. The Labute approximate surface area is 161 Å². The van der Waals surface area contributed by atoms with Gasteiger partial charge in [-0.05, 0) is 20.8 Å². The monoisotopic (exact) mass is 401 g/mol. The molecule has 0 spiro atoms. The topological polar surface area (TPSA) is 108 Å². The number of thioether (sulfide) groups is 1. The van der Waals surface area contributed by atoms with Crippen LogP contribution in [0.1, 0.15) is 27.7 Å². The molecule has 9 nitrogen and oxygen atoms in total. The molecule has 2 aliphatic rings. The molecule has 0 bridgehead atoms. The van der Waals surface area contributed by atoms with E-state index in [4.69, 9.17) is 18.9 Å². The number of amides is 1. The van der Waals surface area contributed by atoms with Gasteiger partial charge in [-0.1, -0.05) is 0 Å². The number of nitrogens with zero attached hydrogens (tertiary/aromatic N) is 1. The summed E-state index contributed by atoms with van der Waals surface area (Å²) < 4.78 is 20.2. The second kappa shape index (κ2) is 8.30. The number of hydrogen-bond donors (Lipinski definition) is 0. The Bertz CT molecular complexity index is 681. The maximum atomic E-state index is 12.6. The molecule has 27 heavy (non-hydrogen) atoms. The smallest absolute Gasteiger partial charge is 0.355 e. The summed E-state index contributed by atoms with van der Waals surface area (Å²) in [4.78, 5) is 49.0. The first-order valence-electron chi connectivity index (χ1n) is 8.27. The molecule has 1 amide bonds. The summed E-state index contributed by atoms with van der Waals surface area (Å²) in [7, 11) is 1.42. The number of carbonyl (C=O) groups excluding carboxylic acids is 4. The van der Waals surface area contributed by atoms with Crippen LogP contribution in [-0.4, -0.2) is 71.9 Å². The number of ether oxygens (including phenoxy) is 4. The average molecular weight is 401 g/mol. The van der Waals surface area contributed by atoms with E-state index in [9.17, 15) is 19.2 Å². The van der Waals surface area contributed by atoms with Gasteiger partial charge in [0, 0.05) is 25.4 Å². The lowest BCUT2D eigenvalue weighted by molar-refractivity contribution is -0.169. The Kier molecular flexibility index (Phi) is 6.53. The Morgan fingerprint density at radius 3 is 2.44 bits per heavy atom. The first-order valence-corrected chi connectivity index (χ1v) is 9.32. The van der Waals surface area contributed by atoms with E-state index in [0.29, 0.717) is 11.3 Å². The summed E-state index contributed by atoms with van der Waals surface area (Å²) in [6.45, 7) is 5.59. The fraction of sp³-hybridized carbons (Fsp3) is 0.647. The van der Waals surface area contributed by atoms with Gasteiger partial charge in [0.2, 0.25) is 0 Å². The highest BCUT2D eigenvalue weighted by Crippen LogP contribution is 2.41. The summed E-state index contributed by atoms with van der Waals surface area (Å²) in [5, 5.41) is -0.368. The molecular formula is C17H23NO8S. The van der Waals surface area contributed by atoms with Gasteiger partial charge >= 0.3 is 17.9 Å². The van der Waals surface area contributed by atoms with Crippen LogP contribution < -0.4 is 0 Å². The molecule has 150 valence electrons. The summed E-state index contributed by atoms with van der Waals surface area (Å²) in [5.41, 5.74) is -0.292. The first-order chi connectivity index (χ1) is 12.5. The minimum atomic E-state index is -0.851. The summed E-state index contributed by atoms with van der Waals surface area (Å²) >= 11 is 1.39. The molecule has 0 radical (unpaired) electrons. The summed E-state index contributed by atoms with van der Waals surface area (Å²) in [5.74, 6) is -2.10. The van der Waals surface area contributed by atoms with Crippen molar-refractivity contribution >= 4 is 35.6 Å². The normalized spacial score (nSPS) is 22.0. The maximum Gasteiger partial charge on any atom is 0.355 e. The van der Waals surface area contributed by atoms with Crippen LogP contribution in [0.15, 0.2) is 11.3 Å².